The van der Waals surface area contributed by atoms with Crippen LogP contribution in [-0.2, 0) is 23.0 Å². The Balaban J connectivity index is 1.06. The van der Waals surface area contributed by atoms with E-state index in [0.717, 1.165) is 79.6 Å². The molecule has 4 N–H and O–H groups in total. The Morgan fingerprint density at radius 1 is 0.783 bits per heavy atom. The number of nitrogens with one attached hydrogen (secondary N) is 1. The zero-order valence-electron chi connectivity index (χ0n) is 26.4. The summed E-state index contributed by atoms with van der Waals surface area (Å²) in [5.74, 6) is 1.39. The van der Waals surface area contributed by atoms with Gasteiger partial charge in [-0.1, -0.05) is 61.7 Å². The van der Waals surface area contributed by atoms with E-state index in [-0.39, 0.29) is 10.8 Å². The Morgan fingerprint density at radius 3 is 1.98 bits per heavy atom. The molecular formula is C36H46N4O5S. The van der Waals surface area contributed by atoms with Gasteiger partial charge in [0, 0.05) is 38.3 Å². The minimum absolute atomic E-state index is 0.0976. The number of carboxylic acid groups (broad SMARTS) is 1. The maximum absolute atomic E-state index is 13.4. The molecule has 0 aliphatic carbocycles. The number of sulfonamides is 1. The number of likely N-dealkylation sites (tertiary alicyclic amines) is 2. The van der Waals surface area contributed by atoms with Gasteiger partial charge in [-0.25, -0.2) is 18.4 Å². The van der Waals surface area contributed by atoms with Gasteiger partial charge in [0.1, 0.15) is 0 Å². The first-order chi connectivity index (χ1) is 22.2. The lowest BCUT2D eigenvalue weighted by atomic mass is 9.87. The molecular weight excluding hydrogens is 600 g/mol. The lowest BCUT2D eigenvalue weighted by Gasteiger charge is -2.33. The van der Waals surface area contributed by atoms with E-state index in [4.69, 9.17) is 10.2 Å². The molecule has 3 aromatic carbocycles. The number of nitrogens with zero attached hydrogens (tertiary/aromatic N) is 2. The van der Waals surface area contributed by atoms with Crippen molar-refractivity contribution in [2.24, 2.45) is 17.0 Å². The molecule has 0 saturated carbocycles. The van der Waals surface area contributed by atoms with Crippen molar-refractivity contribution in [2.45, 2.75) is 62.8 Å². The quantitative estimate of drug-likeness (QED) is 0.215. The van der Waals surface area contributed by atoms with Crippen LogP contribution in [0.4, 0.5) is 4.79 Å². The molecule has 3 aromatic rings. The van der Waals surface area contributed by atoms with E-state index in [1.807, 2.05) is 35.2 Å². The van der Waals surface area contributed by atoms with Crippen LogP contribution in [0.5, 0.6) is 0 Å². The minimum atomic E-state index is -3.68. The van der Waals surface area contributed by atoms with Gasteiger partial charge in [0.25, 0.3) is 5.91 Å². The standard InChI is InChI=1S/C36H46N4O5S/c37-46(44,45)34-12-10-29(11-13-34)14-19-38-26-30-6-2-7-31(24-30)32-8-3-9-33(25-32)35(41)39-20-15-27(16-21-39)4-1-5-28-17-22-40(23-18-28)36(42)43/h2-3,6-13,24-25,27-28,38H,1,4-5,14-23,26H2,(H,42,43)(H2,37,44,45). The molecule has 246 valence electrons. The molecule has 2 heterocycles. The molecule has 2 amide bonds. The highest BCUT2D eigenvalue weighted by atomic mass is 32.2. The average molecular weight is 647 g/mol. The van der Waals surface area contributed by atoms with Crippen molar-refractivity contribution in [2.75, 3.05) is 32.7 Å². The summed E-state index contributed by atoms with van der Waals surface area (Å²) in [6, 6.07) is 22.9. The van der Waals surface area contributed by atoms with E-state index in [9.17, 15) is 18.0 Å². The molecule has 10 heteroatoms. The molecule has 0 bridgehead atoms. The van der Waals surface area contributed by atoms with Crippen molar-refractivity contribution in [3.05, 3.63) is 89.5 Å². The number of nitrogens with two attached hydrogens (primary N) is 1. The number of rotatable bonds is 12. The Labute approximate surface area is 272 Å². The molecule has 46 heavy (non-hydrogen) atoms. The molecule has 0 aromatic heterocycles. The Bertz CT molecular complexity index is 1580. The fourth-order valence-corrected chi connectivity index (χ4v) is 7.23. The van der Waals surface area contributed by atoms with Gasteiger partial charge >= 0.3 is 6.09 Å². The molecule has 0 atom stereocenters. The first-order valence-electron chi connectivity index (χ1n) is 16.4. The van der Waals surface area contributed by atoms with Crippen LogP contribution in [0.1, 0.15) is 66.4 Å². The number of amides is 2. The van der Waals surface area contributed by atoms with Gasteiger partial charge in [-0.2, -0.15) is 0 Å². The number of benzene rings is 3. The van der Waals surface area contributed by atoms with E-state index in [2.05, 4.69) is 23.5 Å². The van der Waals surface area contributed by atoms with Crippen molar-refractivity contribution in [1.82, 2.24) is 15.1 Å². The van der Waals surface area contributed by atoms with Crippen LogP contribution in [-0.4, -0.2) is 68.0 Å². The van der Waals surface area contributed by atoms with Crippen molar-refractivity contribution in [3.8, 4) is 11.1 Å². The Kier molecular flexibility index (Phi) is 11.5. The molecule has 2 fully saturated rings. The van der Waals surface area contributed by atoms with Crippen molar-refractivity contribution >= 4 is 22.0 Å². The van der Waals surface area contributed by atoms with E-state index < -0.39 is 16.1 Å². The van der Waals surface area contributed by atoms with Gasteiger partial charge in [-0.05, 0) is 103 Å². The summed E-state index contributed by atoms with van der Waals surface area (Å²) in [7, 11) is -3.68. The monoisotopic (exact) mass is 646 g/mol. The smallest absolute Gasteiger partial charge is 0.407 e. The fourth-order valence-electron chi connectivity index (χ4n) is 6.72. The number of primary sulfonamides is 1. The summed E-state index contributed by atoms with van der Waals surface area (Å²) in [6.45, 7) is 4.35. The maximum atomic E-state index is 13.4. The van der Waals surface area contributed by atoms with Crippen molar-refractivity contribution in [3.63, 3.8) is 0 Å². The normalized spacial score (nSPS) is 16.5. The summed E-state index contributed by atoms with van der Waals surface area (Å²) in [5.41, 5.74) is 4.99. The number of carbonyl (C=O) groups excluding carboxylic acids is 1. The molecule has 2 saturated heterocycles. The third kappa shape index (κ3) is 9.40. The molecule has 9 nitrogen and oxygen atoms in total. The zero-order valence-corrected chi connectivity index (χ0v) is 27.3. The highest BCUT2D eigenvalue weighted by Gasteiger charge is 2.25. The highest BCUT2D eigenvalue weighted by Crippen LogP contribution is 2.29. The SMILES string of the molecule is NS(=O)(=O)c1ccc(CCNCc2cccc(-c3cccc(C(=O)N4CCC(CCCC5CCN(C(=O)O)CC5)CC4)c3)c2)cc1. The highest BCUT2D eigenvalue weighted by molar-refractivity contribution is 7.89. The van der Waals surface area contributed by atoms with Gasteiger partial charge in [0.2, 0.25) is 10.0 Å². The number of piperidine rings is 2. The second-order valence-corrected chi connectivity index (χ2v) is 14.3. The van der Waals surface area contributed by atoms with Gasteiger partial charge in [0.15, 0.2) is 0 Å². The van der Waals surface area contributed by atoms with Crippen LogP contribution < -0.4 is 10.5 Å². The lowest BCUT2D eigenvalue weighted by Crippen LogP contribution is -2.38. The predicted molar refractivity (Wildman–Crippen MR) is 180 cm³/mol. The van der Waals surface area contributed by atoms with E-state index >= 15 is 0 Å². The third-order valence-corrected chi connectivity index (χ3v) is 10.5. The summed E-state index contributed by atoms with van der Waals surface area (Å²) in [5, 5.41) is 17.8. The summed E-state index contributed by atoms with van der Waals surface area (Å²) >= 11 is 0. The zero-order chi connectivity index (χ0) is 32.5. The Morgan fingerprint density at radius 2 is 1.37 bits per heavy atom. The topological polar surface area (TPSA) is 133 Å². The summed E-state index contributed by atoms with van der Waals surface area (Å²) < 4.78 is 22.9. The van der Waals surface area contributed by atoms with Crippen LogP contribution in [0.3, 0.4) is 0 Å². The number of hydrogen-bond donors (Lipinski definition) is 3. The molecule has 0 spiro atoms. The van der Waals surface area contributed by atoms with Gasteiger partial charge in [-0.3, -0.25) is 4.79 Å². The molecule has 2 aliphatic rings. The van der Waals surface area contributed by atoms with Gasteiger partial charge in [0.05, 0.1) is 4.90 Å². The predicted octanol–water partition coefficient (Wildman–Crippen LogP) is 5.75. The van der Waals surface area contributed by atoms with E-state index in [0.29, 0.717) is 31.5 Å². The summed E-state index contributed by atoms with van der Waals surface area (Å²) in [4.78, 5) is 28.2. The first kappa shape index (κ1) is 33.6. The largest absolute Gasteiger partial charge is 0.465 e. The van der Waals surface area contributed by atoms with Crippen LogP contribution in [0.25, 0.3) is 11.1 Å². The van der Waals surface area contributed by atoms with E-state index in [1.54, 1.807) is 12.1 Å². The first-order valence-corrected chi connectivity index (χ1v) is 18.0. The van der Waals surface area contributed by atoms with Crippen LogP contribution in [0, 0.1) is 11.8 Å². The van der Waals surface area contributed by atoms with Gasteiger partial charge < -0.3 is 20.2 Å². The lowest BCUT2D eigenvalue weighted by molar-refractivity contribution is 0.0684. The Hall–Kier alpha value is -3.73. The fraction of sp³-hybridized carbons (Fsp3) is 0.444. The van der Waals surface area contributed by atoms with Crippen molar-refractivity contribution in [1.29, 1.82) is 0 Å². The average Bonchev–Trinajstić information content (AvgIpc) is 3.07. The molecule has 5 rings (SSSR count). The molecule has 0 radical (unpaired) electrons. The molecule has 2 aliphatic heterocycles. The number of carbonyl (C=O) groups is 2. The summed E-state index contributed by atoms with van der Waals surface area (Å²) in [6.07, 6.45) is 7.55. The van der Waals surface area contributed by atoms with E-state index in [1.165, 1.54) is 36.3 Å². The number of hydrogen-bond acceptors (Lipinski definition) is 5. The van der Waals surface area contributed by atoms with Gasteiger partial charge in [-0.15, -0.1) is 0 Å². The second kappa shape index (κ2) is 15.7. The minimum Gasteiger partial charge on any atom is -0.465 e. The van der Waals surface area contributed by atoms with Crippen LogP contribution in [0.15, 0.2) is 77.7 Å². The molecule has 0 unspecified atom stereocenters. The van der Waals surface area contributed by atoms with Crippen LogP contribution >= 0.6 is 0 Å². The maximum Gasteiger partial charge on any atom is 0.407 e. The van der Waals surface area contributed by atoms with Crippen LogP contribution in [0.2, 0.25) is 0 Å². The second-order valence-electron chi connectivity index (χ2n) is 12.8. The van der Waals surface area contributed by atoms with Crippen molar-refractivity contribution < 1.29 is 23.1 Å². The third-order valence-electron chi connectivity index (χ3n) is 9.55.